The number of thioether (sulfide) groups is 1. The third-order valence-corrected chi connectivity index (χ3v) is 4.71. The van der Waals surface area contributed by atoms with E-state index < -0.39 is 22.5 Å². The molecule has 0 aliphatic carbocycles. The molecule has 0 bridgehead atoms. The van der Waals surface area contributed by atoms with Crippen molar-refractivity contribution in [3.63, 3.8) is 0 Å². The number of hydrogen-bond donors (Lipinski definition) is 1. The molecule has 0 amide bonds. The Morgan fingerprint density at radius 3 is 2.32 bits per heavy atom. The summed E-state index contributed by atoms with van der Waals surface area (Å²) in [5.74, 6) is -0.529. The Morgan fingerprint density at radius 1 is 1.20 bits per heavy atom. The largest absolute Gasteiger partial charge is 0.480 e. The molecule has 2 aromatic heterocycles. The summed E-state index contributed by atoms with van der Waals surface area (Å²) in [6.45, 7) is 7.60. The third kappa shape index (κ3) is 3.92. The molecule has 25 heavy (non-hydrogen) atoms. The Hall–Kier alpha value is -2.16. The summed E-state index contributed by atoms with van der Waals surface area (Å²) in [6, 6.07) is 0. The molecule has 136 valence electrons. The first kappa shape index (κ1) is 19.2. The van der Waals surface area contributed by atoms with Crippen LogP contribution in [0.4, 0.5) is 0 Å². The first-order valence-electron chi connectivity index (χ1n) is 7.78. The molecule has 0 unspecified atom stereocenters. The van der Waals surface area contributed by atoms with Gasteiger partial charge < -0.3 is 5.11 Å². The minimum Gasteiger partial charge on any atom is -0.480 e. The topological polar surface area (TPSA) is 107 Å². The zero-order valence-corrected chi connectivity index (χ0v) is 16.0. The maximum absolute atomic E-state index is 12.6. The highest BCUT2D eigenvalue weighted by atomic mass is 32.2. The van der Waals surface area contributed by atoms with E-state index in [1.165, 1.54) is 25.6 Å². The second-order valence-corrected chi connectivity index (χ2v) is 8.51. The first-order valence-corrected chi connectivity index (χ1v) is 8.66. The van der Waals surface area contributed by atoms with Gasteiger partial charge in [0.05, 0.1) is 0 Å². The van der Waals surface area contributed by atoms with Gasteiger partial charge in [-0.25, -0.2) is 14.8 Å². The predicted octanol–water partition coefficient (Wildman–Crippen LogP) is 1.18. The van der Waals surface area contributed by atoms with Gasteiger partial charge in [0.25, 0.3) is 5.56 Å². The van der Waals surface area contributed by atoms with E-state index in [-0.39, 0.29) is 21.5 Å². The van der Waals surface area contributed by atoms with Gasteiger partial charge in [-0.05, 0) is 12.3 Å². The average Bonchev–Trinajstić information content (AvgIpc) is 2.48. The Balaban J connectivity index is 2.84. The molecule has 8 nitrogen and oxygen atoms in total. The van der Waals surface area contributed by atoms with Crippen molar-refractivity contribution >= 4 is 28.8 Å². The number of carbonyl (C=O) groups is 1. The van der Waals surface area contributed by atoms with E-state index in [4.69, 9.17) is 0 Å². The van der Waals surface area contributed by atoms with E-state index in [1.54, 1.807) is 0 Å². The summed E-state index contributed by atoms with van der Waals surface area (Å²) in [5.41, 5.74) is -0.893. The Kier molecular flexibility index (Phi) is 5.08. The van der Waals surface area contributed by atoms with Crippen LogP contribution in [0.5, 0.6) is 0 Å². The number of hydrogen-bond acceptors (Lipinski definition) is 6. The lowest BCUT2D eigenvalue weighted by Gasteiger charge is -2.18. The van der Waals surface area contributed by atoms with Crippen molar-refractivity contribution in [2.45, 2.75) is 44.4 Å². The fourth-order valence-corrected chi connectivity index (χ4v) is 3.22. The molecule has 0 saturated carbocycles. The third-order valence-electron chi connectivity index (χ3n) is 3.64. The molecular weight excluding hydrogens is 344 g/mol. The lowest BCUT2D eigenvalue weighted by molar-refractivity contribution is -0.136. The molecule has 0 aromatic carbocycles. The van der Waals surface area contributed by atoms with Crippen molar-refractivity contribution < 1.29 is 9.90 Å². The molecule has 2 rings (SSSR count). The van der Waals surface area contributed by atoms with Crippen LogP contribution in [-0.2, 0) is 25.3 Å². The fourth-order valence-electron chi connectivity index (χ4n) is 2.33. The number of aliphatic carboxylic acids is 1. The Morgan fingerprint density at radius 2 is 1.80 bits per heavy atom. The zero-order chi connectivity index (χ0) is 19.1. The molecule has 0 fully saturated rings. The molecule has 2 heterocycles. The normalized spacial score (nSPS) is 13.2. The maximum atomic E-state index is 12.6. The van der Waals surface area contributed by atoms with Gasteiger partial charge in [0.2, 0.25) is 0 Å². The van der Waals surface area contributed by atoms with Gasteiger partial charge >= 0.3 is 11.7 Å². The minimum atomic E-state index is -1.00. The van der Waals surface area contributed by atoms with Crippen LogP contribution in [0.2, 0.25) is 0 Å². The summed E-state index contributed by atoms with van der Waals surface area (Å²) in [4.78, 5) is 44.9. The van der Waals surface area contributed by atoms with Gasteiger partial charge in [0.1, 0.15) is 21.5 Å². The van der Waals surface area contributed by atoms with Gasteiger partial charge in [0.15, 0.2) is 5.65 Å². The van der Waals surface area contributed by atoms with E-state index in [1.807, 2.05) is 20.8 Å². The van der Waals surface area contributed by atoms with Crippen LogP contribution in [0.3, 0.4) is 0 Å². The smallest absolute Gasteiger partial charge is 0.332 e. The highest BCUT2D eigenvalue weighted by Crippen LogP contribution is 2.28. The first-order chi connectivity index (χ1) is 11.4. The van der Waals surface area contributed by atoms with Crippen LogP contribution in [0.15, 0.2) is 14.6 Å². The van der Waals surface area contributed by atoms with Crippen LogP contribution in [0, 0.1) is 5.41 Å². The SMILES string of the molecule is C[C@@H](Sc1nc(CC(C)(C)C)nc2c1c(=O)n(C)c(=O)n2C)C(=O)O. The number of rotatable bonds is 4. The van der Waals surface area contributed by atoms with Gasteiger partial charge in [-0.15, -0.1) is 0 Å². The molecule has 9 heteroatoms. The number of aryl methyl sites for hydroxylation is 1. The molecular formula is C16H22N4O4S. The van der Waals surface area contributed by atoms with E-state index >= 15 is 0 Å². The van der Waals surface area contributed by atoms with Gasteiger partial charge in [-0.2, -0.15) is 0 Å². The summed E-state index contributed by atoms with van der Waals surface area (Å²) >= 11 is 0.979. The molecule has 1 N–H and O–H groups in total. The van der Waals surface area contributed by atoms with Crippen molar-refractivity contribution in [2.24, 2.45) is 19.5 Å². The van der Waals surface area contributed by atoms with Crippen LogP contribution >= 0.6 is 11.8 Å². The van der Waals surface area contributed by atoms with Gasteiger partial charge in [0, 0.05) is 20.5 Å². The van der Waals surface area contributed by atoms with Crippen LogP contribution in [-0.4, -0.2) is 35.4 Å². The van der Waals surface area contributed by atoms with E-state index in [9.17, 15) is 19.5 Å². The lowest BCUT2D eigenvalue weighted by atomic mass is 9.92. The summed E-state index contributed by atoms with van der Waals surface area (Å²) in [5, 5.41) is 8.86. The number of nitrogens with zero attached hydrogens (tertiary/aromatic N) is 4. The van der Waals surface area contributed by atoms with Crippen molar-refractivity contribution in [2.75, 3.05) is 0 Å². The number of carboxylic acids is 1. The summed E-state index contributed by atoms with van der Waals surface area (Å²) in [6.07, 6.45) is 0.529. The second kappa shape index (κ2) is 6.62. The predicted molar refractivity (Wildman–Crippen MR) is 96.1 cm³/mol. The number of fused-ring (bicyclic) bond motifs is 1. The number of aromatic nitrogens is 4. The second-order valence-electron chi connectivity index (χ2n) is 7.19. The van der Waals surface area contributed by atoms with Crippen LogP contribution in [0.25, 0.3) is 11.0 Å². The molecule has 0 radical (unpaired) electrons. The van der Waals surface area contributed by atoms with Crippen LogP contribution < -0.4 is 11.2 Å². The standard InChI is InChI=1S/C16H22N4O4S/c1-8(14(22)23)25-12-10-11(17-9(18-12)7-16(2,3)4)19(5)15(24)20(6)13(10)21/h8H,7H2,1-6H3,(H,22,23)/t8-/m1/s1. The van der Waals surface area contributed by atoms with Crippen molar-refractivity contribution in [3.8, 4) is 0 Å². The van der Waals surface area contributed by atoms with E-state index in [2.05, 4.69) is 9.97 Å². The minimum absolute atomic E-state index is 0.105. The van der Waals surface area contributed by atoms with Crippen LogP contribution in [0.1, 0.15) is 33.5 Å². The van der Waals surface area contributed by atoms with Crippen molar-refractivity contribution in [1.29, 1.82) is 0 Å². The highest BCUT2D eigenvalue weighted by molar-refractivity contribution is 8.00. The van der Waals surface area contributed by atoms with Gasteiger partial charge in [-0.3, -0.25) is 18.7 Å². The fraction of sp³-hybridized carbons (Fsp3) is 0.562. The van der Waals surface area contributed by atoms with Crippen molar-refractivity contribution in [3.05, 3.63) is 26.7 Å². The molecule has 0 aliphatic heterocycles. The molecule has 0 saturated heterocycles. The van der Waals surface area contributed by atoms with Gasteiger partial charge in [-0.1, -0.05) is 32.5 Å². The maximum Gasteiger partial charge on any atom is 0.332 e. The molecule has 1 atom stereocenters. The Labute approximate surface area is 148 Å². The molecule has 2 aromatic rings. The molecule has 0 aliphatic rings. The van der Waals surface area contributed by atoms with E-state index in [0.29, 0.717) is 12.2 Å². The quantitative estimate of drug-likeness (QED) is 0.639. The summed E-state index contributed by atoms with van der Waals surface area (Å²) < 4.78 is 2.27. The molecule has 0 spiro atoms. The monoisotopic (exact) mass is 366 g/mol. The number of carboxylic acid groups (broad SMARTS) is 1. The van der Waals surface area contributed by atoms with Crippen molar-refractivity contribution in [1.82, 2.24) is 19.1 Å². The summed E-state index contributed by atoms with van der Waals surface area (Å²) in [7, 11) is 2.91. The highest BCUT2D eigenvalue weighted by Gasteiger charge is 2.23. The van der Waals surface area contributed by atoms with E-state index in [0.717, 1.165) is 16.3 Å². The Bertz CT molecular complexity index is 956. The average molecular weight is 366 g/mol. The zero-order valence-electron chi connectivity index (χ0n) is 15.2. The lowest BCUT2D eigenvalue weighted by Crippen LogP contribution is -2.38.